The minimum absolute atomic E-state index is 0.00736. The van der Waals surface area contributed by atoms with E-state index < -0.39 is 34.3 Å². The predicted molar refractivity (Wildman–Crippen MR) is 158 cm³/mol. The van der Waals surface area contributed by atoms with Crippen LogP contribution < -0.4 is 14.4 Å². The average Bonchev–Trinajstić information content (AvgIpc) is 2.96. The van der Waals surface area contributed by atoms with Crippen LogP contribution in [0.5, 0.6) is 5.75 Å². The molecule has 41 heavy (non-hydrogen) atoms. The molecule has 0 spiro atoms. The lowest BCUT2D eigenvalue weighted by atomic mass is 10.1. The number of carbonyl (C=O) groups excluding carboxylic acids is 2. The second-order valence-electron chi connectivity index (χ2n) is 9.91. The second kappa shape index (κ2) is 14.1. The Morgan fingerprint density at radius 1 is 0.927 bits per heavy atom. The average molecular weight is 584 g/mol. The van der Waals surface area contributed by atoms with Gasteiger partial charge in [0.05, 0.1) is 17.7 Å². The lowest BCUT2D eigenvalue weighted by Gasteiger charge is -2.33. The number of sulfonamides is 1. The first-order valence-corrected chi connectivity index (χ1v) is 15.0. The van der Waals surface area contributed by atoms with Gasteiger partial charge in [-0.1, -0.05) is 43.7 Å². The molecule has 3 rings (SSSR count). The van der Waals surface area contributed by atoms with Gasteiger partial charge in [-0.2, -0.15) is 0 Å². The molecule has 0 radical (unpaired) electrons. The van der Waals surface area contributed by atoms with Crippen molar-refractivity contribution in [3.05, 3.63) is 89.7 Å². The van der Waals surface area contributed by atoms with Crippen LogP contribution >= 0.6 is 0 Å². The maximum Gasteiger partial charge on any atom is 0.264 e. The summed E-state index contributed by atoms with van der Waals surface area (Å²) in [4.78, 5) is 28.7. The van der Waals surface area contributed by atoms with Crippen LogP contribution in [0.2, 0.25) is 0 Å². The fourth-order valence-corrected chi connectivity index (χ4v) is 5.68. The number of carbonyl (C=O) groups is 2. The number of anilines is 1. The molecule has 2 atom stereocenters. The molecule has 0 aliphatic rings. The molecule has 0 aliphatic carbocycles. The van der Waals surface area contributed by atoms with Gasteiger partial charge in [0.15, 0.2) is 0 Å². The minimum Gasteiger partial charge on any atom is -0.497 e. The predicted octanol–water partition coefficient (Wildman–Crippen LogP) is 5.06. The van der Waals surface area contributed by atoms with Crippen molar-refractivity contribution in [1.29, 1.82) is 0 Å². The molecule has 8 nitrogen and oxygen atoms in total. The molecule has 0 bridgehead atoms. The number of halogens is 1. The molecular formula is C31H38FN3O5S. The van der Waals surface area contributed by atoms with Crippen LogP contribution in [-0.4, -0.2) is 50.9 Å². The Balaban J connectivity index is 2.05. The van der Waals surface area contributed by atoms with E-state index in [0.717, 1.165) is 9.87 Å². The van der Waals surface area contributed by atoms with E-state index in [2.05, 4.69) is 5.32 Å². The number of nitrogens with zero attached hydrogens (tertiary/aromatic N) is 2. The lowest BCUT2D eigenvalue weighted by molar-refractivity contribution is -0.140. The lowest BCUT2D eigenvalue weighted by Crippen LogP contribution is -2.53. The Hall–Kier alpha value is -3.92. The molecule has 10 heteroatoms. The van der Waals surface area contributed by atoms with E-state index in [0.29, 0.717) is 24.2 Å². The number of hydrogen-bond donors (Lipinski definition) is 1. The summed E-state index contributed by atoms with van der Waals surface area (Å²) >= 11 is 0. The highest BCUT2D eigenvalue weighted by Gasteiger charge is 2.34. The van der Waals surface area contributed by atoms with Crippen LogP contribution in [0, 0.1) is 12.7 Å². The molecule has 3 aromatic carbocycles. The van der Waals surface area contributed by atoms with Gasteiger partial charge >= 0.3 is 0 Å². The highest BCUT2D eigenvalue weighted by molar-refractivity contribution is 7.92. The Morgan fingerprint density at radius 2 is 1.54 bits per heavy atom. The zero-order valence-corrected chi connectivity index (χ0v) is 24.9. The number of ether oxygens (including phenoxy) is 1. The van der Waals surface area contributed by atoms with Crippen LogP contribution in [0.3, 0.4) is 0 Å². The van der Waals surface area contributed by atoms with Crippen molar-refractivity contribution in [3.8, 4) is 5.75 Å². The number of aryl methyl sites for hydroxylation is 1. The normalized spacial score (nSPS) is 12.7. The number of amides is 2. The van der Waals surface area contributed by atoms with Gasteiger partial charge in [-0.15, -0.1) is 0 Å². The summed E-state index contributed by atoms with van der Waals surface area (Å²) in [6, 6.07) is 17.4. The fourth-order valence-electron chi connectivity index (χ4n) is 4.26. The summed E-state index contributed by atoms with van der Waals surface area (Å²) in [5, 5.41) is 2.93. The number of rotatable bonds is 13. The third-order valence-electron chi connectivity index (χ3n) is 6.90. The van der Waals surface area contributed by atoms with Crippen molar-refractivity contribution in [1.82, 2.24) is 10.2 Å². The van der Waals surface area contributed by atoms with E-state index in [1.54, 1.807) is 55.5 Å². The quantitative estimate of drug-likeness (QED) is 0.304. The Kier molecular flexibility index (Phi) is 10.9. The van der Waals surface area contributed by atoms with Crippen molar-refractivity contribution in [2.45, 2.75) is 64.1 Å². The Morgan fingerprint density at radius 3 is 2.07 bits per heavy atom. The number of methoxy groups -OCH3 is 1. The highest BCUT2D eigenvalue weighted by atomic mass is 32.2. The third kappa shape index (κ3) is 8.07. The van der Waals surface area contributed by atoms with E-state index in [1.807, 2.05) is 20.8 Å². The van der Waals surface area contributed by atoms with Crippen LogP contribution in [0.1, 0.15) is 44.7 Å². The van der Waals surface area contributed by atoms with Crippen molar-refractivity contribution in [2.75, 3.05) is 18.0 Å². The topological polar surface area (TPSA) is 96.0 Å². The summed E-state index contributed by atoms with van der Waals surface area (Å²) < 4.78 is 47.7. The van der Waals surface area contributed by atoms with E-state index in [1.165, 1.54) is 36.3 Å². The SMILES string of the molecule is CC[C@@H](C)NC(=O)[C@@H](CC)N(Cc1ccc(F)cc1)C(=O)CN(c1ccc(OC)cc1)S(=O)(=O)c1ccc(C)cc1. The molecule has 0 saturated heterocycles. The molecular weight excluding hydrogens is 545 g/mol. The van der Waals surface area contributed by atoms with Gasteiger partial charge in [-0.05, 0) is 80.8 Å². The van der Waals surface area contributed by atoms with Gasteiger partial charge in [-0.25, -0.2) is 12.8 Å². The van der Waals surface area contributed by atoms with Crippen molar-refractivity contribution >= 4 is 27.5 Å². The zero-order chi connectivity index (χ0) is 30.2. The van der Waals surface area contributed by atoms with E-state index in [9.17, 15) is 22.4 Å². The highest BCUT2D eigenvalue weighted by Crippen LogP contribution is 2.27. The number of hydrogen-bond acceptors (Lipinski definition) is 5. The molecule has 1 N–H and O–H groups in total. The molecule has 0 unspecified atom stereocenters. The van der Waals surface area contributed by atoms with Gasteiger partial charge in [0.2, 0.25) is 11.8 Å². The van der Waals surface area contributed by atoms with Crippen molar-refractivity contribution in [3.63, 3.8) is 0 Å². The largest absolute Gasteiger partial charge is 0.497 e. The smallest absolute Gasteiger partial charge is 0.264 e. The summed E-state index contributed by atoms with van der Waals surface area (Å²) in [5.41, 5.74) is 1.75. The van der Waals surface area contributed by atoms with Crippen LogP contribution in [0.15, 0.2) is 77.7 Å². The van der Waals surface area contributed by atoms with E-state index >= 15 is 0 Å². The molecule has 0 aliphatic heterocycles. The summed E-state index contributed by atoms with van der Waals surface area (Å²) in [6.45, 7) is 6.88. The monoisotopic (exact) mass is 583 g/mol. The molecule has 0 saturated carbocycles. The van der Waals surface area contributed by atoms with Crippen LogP contribution in [0.4, 0.5) is 10.1 Å². The molecule has 3 aromatic rings. The zero-order valence-electron chi connectivity index (χ0n) is 24.1. The maximum atomic E-state index is 14.1. The van der Waals surface area contributed by atoms with Gasteiger partial charge < -0.3 is 15.0 Å². The summed E-state index contributed by atoms with van der Waals surface area (Å²) in [5.74, 6) is -0.816. The van der Waals surface area contributed by atoms with Crippen molar-refractivity contribution in [2.24, 2.45) is 0 Å². The summed E-state index contributed by atoms with van der Waals surface area (Å²) in [6.07, 6.45) is 0.997. The van der Waals surface area contributed by atoms with Gasteiger partial charge in [0, 0.05) is 12.6 Å². The third-order valence-corrected chi connectivity index (χ3v) is 8.69. The maximum absolute atomic E-state index is 14.1. The molecule has 220 valence electrons. The fraction of sp³-hybridized carbons (Fsp3) is 0.355. The first-order valence-electron chi connectivity index (χ1n) is 13.6. The van der Waals surface area contributed by atoms with Crippen LogP contribution in [0.25, 0.3) is 0 Å². The minimum atomic E-state index is -4.18. The summed E-state index contributed by atoms with van der Waals surface area (Å²) in [7, 11) is -2.68. The number of nitrogens with one attached hydrogen (secondary N) is 1. The number of benzene rings is 3. The first-order chi connectivity index (χ1) is 19.5. The molecule has 0 heterocycles. The Bertz CT molecular complexity index is 1410. The van der Waals surface area contributed by atoms with Gasteiger partial charge in [0.1, 0.15) is 24.2 Å². The molecule has 0 fully saturated rings. The van der Waals surface area contributed by atoms with Gasteiger partial charge in [0.25, 0.3) is 10.0 Å². The molecule has 2 amide bonds. The van der Waals surface area contributed by atoms with Crippen LogP contribution in [-0.2, 0) is 26.2 Å². The standard InChI is InChI=1S/C31H38FN3O5S/c1-6-23(4)33-31(37)29(7-2)34(20-24-10-12-25(32)13-11-24)30(36)21-35(26-14-16-27(40-5)17-15-26)41(38,39)28-18-8-22(3)9-19-28/h8-19,23,29H,6-7,20-21H2,1-5H3,(H,33,37)/t23-,29-/m1/s1. The molecule has 0 aromatic heterocycles. The van der Waals surface area contributed by atoms with E-state index in [-0.39, 0.29) is 29.1 Å². The second-order valence-corrected chi connectivity index (χ2v) is 11.8. The van der Waals surface area contributed by atoms with Gasteiger partial charge in [-0.3, -0.25) is 13.9 Å². The Labute approximate surface area is 242 Å². The van der Waals surface area contributed by atoms with E-state index in [4.69, 9.17) is 4.74 Å². The van der Waals surface area contributed by atoms with Crippen molar-refractivity contribution < 1.29 is 27.1 Å². The first kappa shape index (κ1) is 31.6.